The third-order valence-electron chi connectivity index (χ3n) is 3.68. The van der Waals surface area contributed by atoms with Crippen LogP contribution < -0.4 is 0 Å². The van der Waals surface area contributed by atoms with Crippen LogP contribution in [0, 0.1) is 5.92 Å². The number of allylic oxidation sites excluding steroid dienone is 2. The molecule has 0 radical (unpaired) electrons. The van der Waals surface area contributed by atoms with E-state index in [1.165, 1.54) is 7.11 Å². The van der Waals surface area contributed by atoms with Crippen LogP contribution in [0.1, 0.15) is 19.3 Å². The molecule has 2 rings (SSSR count). The van der Waals surface area contributed by atoms with Gasteiger partial charge in [-0.15, -0.1) is 0 Å². The highest BCUT2D eigenvalue weighted by Gasteiger charge is 2.47. The third-order valence-corrected chi connectivity index (χ3v) is 3.68. The number of carbonyl (C=O) groups is 2. The molecule has 0 aromatic heterocycles. The van der Waals surface area contributed by atoms with Gasteiger partial charge >= 0.3 is 5.97 Å². The van der Waals surface area contributed by atoms with Crippen LogP contribution in [-0.4, -0.2) is 47.7 Å². The summed E-state index contributed by atoms with van der Waals surface area (Å²) in [6.07, 6.45) is 5.90. The minimum absolute atomic E-state index is 0.00329. The van der Waals surface area contributed by atoms with E-state index in [4.69, 9.17) is 9.84 Å². The van der Waals surface area contributed by atoms with E-state index in [1.807, 2.05) is 12.2 Å². The van der Waals surface area contributed by atoms with Gasteiger partial charge in [-0.2, -0.15) is 0 Å². The van der Waals surface area contributed by atoms with Crippen LogP contribution in [0.3, 0.4) is 0 Å². The Morgan fingerprint density at radius 1 is 1.41 bits per heavy atom. The van der Waals surface area contributed by atoms with E-state index in [9.17, 15) is 9.59 Å². The lowest BCUT2D eigenvalue weighted by Gasteiger charge is -2.24. The quantitative estimate of drug-likeness (QED) is 0.734. The zero-order valence-electron chi connectivity index (χ0n) is 9.89. The fourth-order valence-electron chi connectivity index (χ4n) is 2.48. The topological polar surface area (TPSA) is 66.8 Å². The molecule has 1 N–H and O–H groups in total. The molecular formula is C12H17NO4. The van der Waals surface area contributed by atoms with E-state index >= 15 is 0 Å². The standard InChI is InChI=1S/C12H17NO4/c1-17-12(11(15)16)6-7-13(8-12)10(14)9-4-2-3-5-9/h2-3,9H,4-8H2,1H3,(H,15,16). The molecule has 17 heavy (non-hydrogen) atoms. The van der Waals surface area contributed by atoms with Crippen molar-refractivity contribution in [1.29, 1.82) is 0 Å². The predicted octanol–water partition coefficient (Wildman–Crippen LogP) is 0.655. The van der Waals surface area contributed by atoms with Crippen molar-refractivity contribution in [2.75, 3.05) is 20.2 Å². The zero-order valence-corrected chi connectivity index (χ0v) is 9.89. The maximum atomic E-state index is 12.1. The molecule has 1 aliphatic carbocycles. The summed E-state index contributed by atoms with van der Waals surface area (Å²) in [5, 5.41) is 9.15. The van der Waals surface area contributed by atoms with Crippen LogP contribution in [0.25, 0.3) is 0 Å². The minimum Gasteiger partial charge on any atom is -0.479 e. The molecule has 1 fully saturated rings. The molecule has 5 heteroatoms. The molecule has 94 valence electrons. The van der Waals surface area contributed by atoms with Gasteiger partial charge in [0.1, 0.15) is 0 Å². The van der Waals surface area contributed by atoms with Crippen molar-refractivity contribution in [1.82, 2.24) is 4.90 Å². The molecule has 0 aromatic carbocycles. The monoisotopic (exact) mass is 239 g/mol. The van der Waals surface area contributed by atoms with Crippen molar-refractivity contribution in [2.45, 2.75) is 24.9 Å². The van der Waals surface area contributed by atoms with Crippen LogP contribution in [0.15, 0.2) is 12.2 Å². The van der Waals surface area contributed by atoms with Crippen LogP contribution in [0.2, 0.25) is 0 Å². The van der Waals surface area contributed by atoms with E-state index in [0.717, 1.165) is 12.8 Å². The fraction of sp³-hybridized carbons (Fsp3) is 0.667. The number of aliphatic carboxylic acids is 1. The van der Waals surface area contributed by atoms with Crippen LogP contribution in [-0.2, 0) is 14.3 Å². The molecule has 1 amide bonds. The first-order valence-corrected chi connectivity index (χ1v) is 5.81. The first-order chi connectivity index (χ1) is 8.09. The van der Waals surface area contributed by atoms with Gasteiger partial charge < -0.3 is 14.7 Å². The Labute approximate surface area is 100 Å². The highest BCUT2D eigenvalue weighted by molar-refractivity contribution is 5.84. The predicted molar refractivity (Wildman–Crippen MR) is 60.4 cm³/mol. The number of methoxy groups -OCH3 is 1. The number of nitrogens with zero attached hydrogens (tertiary/aromatic N) is 1. The van der Waals surface area contributed by atoms with Gasteiger partial charge in [0.2, 0.25) is 5.91 Å². The number of hydrogen-bond acceptors (Lipinski definition) is 3. The number of carboxylic acid groups (broad SMARTS) is 1. The van der Waals surface area contributed by atoms with Gasteiger partial charge in [0.25, 0.3) is 0 Å². The Morgan fingerprint density at radius 2 is 2.06 bits per heavy atom. The molecule has 1 aliphatic heterocycles. The lowest BCUT2D eigenvalue weighted by molar-refractivity contribution is -0.161. The van der Waals surface area contributed by atoms with E-state index < -0.39 is 11.6 Å². The molecule has 1 unspecified atom stereocenters. The maximum Gasteiger partial charge on any atom is 0.337 e. The summed E-state index contributed by atoms with van der Waals surface area (Å²) in [5.74, 6) is -0.938. The van der Waals surface area contributed by atoms with Gasteiger partial charge in [0.15, 0.2) is 5.60 Å². The lowest BCUT2D eigenvalue weighted by atomic mass is 10.0. The molecule has 1 saturated heterocycles. The van der Waals surface area contributed by atoms with Crippen molar-refractivity contribution in [3.05, 3.63) is 12.2 Å². The molecule has 0 bridgehead atoms. The Hall–Kier alpha value is -1.36. The number of likely N-dealkylation sites (tertiary alicyclic amines) is 1. The minimum atomic E-state index is -1.21. The Bertz CT molecular complexity index is 358. The van der Waals surface area contributed by atoms with Crippen LogP contribution in [0.5, 0.6) is 0 Å². The summed E-state index contributed by atoms with van der Waals surface area (Å²) in [6, 6.07) is 0. The first-order valence-electron chi connectivity index (χ1n) is 5.81. The molecule has 5 nitrogen and oxygen atoms in total. The molecule has 0 aromatic rings. The molecule has 1 atom stereocenters. The van der Waals surface area contributed by atoms with E-state index in [0.29, 0.717) is 13.0 Å². The Morgan fingerprint density at radius 3 is 2.53 bits per heavy atom. The second-order valence-corrected chi connectivity index (χ2v) is 4.65. The van der Waals surface area contributed by atoms with Crippen molar-refractivity contribution < 1.29 is 19.4 Å². The van der Waals surface area contributed by atoms with Gasteiger partial charge in [-0.05, 0) is 12.8 Å². The number of rotatable bonds is 3. The highest BCUT2D eigenvalue weighted by Crippen LogP contribution is 2.29. The van der Waals surface area contributed by atoms with E-state index in [2.05, 4.69) is 0 Å². The average molecular weight is 239 g/mol. The van der Waals surface area contributed by atoms with Gasteiger partial charge in [-0.1, -0.05) is 12.2 Å². The summed E-state index contributed by atoms with van der Waals surface area (Å²) in [7, 11) is 1.39. The number of ether oxygens (including phenoxy) is 1. The fourth-order valence-corrected chi connectivity index (χ4v) is 2.48. The summed E-state index contributed by atoms with van der Waals surface area (Å²) in [6.45, 7) is 0.629. The highest BCUT2D eigenvalue weighted by atomic mass is 16.5. The van der Waals surface area contributed by atoms with E-state index in [1.54, 1.807) is 4.90 Å². The lowest BCUT2D eigenvalue weighted by Crippen LogP contribution is -2.45. The largest absolute Gasteiger partial charge is 0.479 e. The van der Waals surface area contributed by atoms with Crippen LogP contribution in [0.4, 0.5) is 0 Å². The number of carbonyl (C=O) groups excluding carboxylic acids is 1. The average Bonchev–Trinajstić information content (AvgIpc) is 2.98. The van der Waals surface area contributed by atoms with Crippen molar-refractivity contribution in [3.63, 3.8) is 0 Å². The summed E-state index contributed by atoms with van der Waals surface area (Å²) >= 11 is 0. The smallest absolute Gasteiger partial charge is 0.337 e. The third kappa shape index (κ3) is 2.07. The number of amides is 1. The molecule has 1 heterocycles. The maximum absolute atomic E-state index is 12.1. The van der Waals surface area contributed by atoms with Gasteiger partial charge in [0, 0.05) is 26.0 Å². The number of hydrogen-bond donors (Lipinski definition) is 1. The van der Waals surface area contributed by atoms with Crippen molar-refractivity contribution in [3.8, 4) is 0 Å². The Balaban J connectivity index is 2.01. The summed E-state index contributed by atoms with van der Waals surface area (Å²) < 4.78 is 5.09. The molecule has 0 spiro atoms. The van der Waals surface area contributed by atoms with Crippen LogP contribution >= 0.6 is 0 Å². The summed E-state index contributed by atoms with van der Waals surface area (Å²) in [4.78, 5) is 24.9. The molecule has 2 aliphatic rings. The Kier molecular flexibility index (Phi) is 3.19. The molecule has 0 saturated carbocycles. The van der Waals surface area contributed by atoms with Gasteiger partial charge in [-0.3, -0.25) is 4.79 Å². The second-order valence-electron chi connectivity index (χ2n) is 4.65. The number of carboxylic acids is 1. The molecular weight excluding hydrogens is 222 g/mol. The van der Waals surface area contributed by atoms with Gasteiger partial charge in [0.05, 0.1) is 6.54 Å². The summed E-state index contributed by atoms with van der Waals surface area (Å²) in [5.41, 5.74) is -1.21. The first kappa shape index (κ1) is 12.1. The van der Waals surface area contributed by atoms with Crippen molar-refractivity contribution in [2.24, 2.45) is 5.92 Å². The normalized spacial score (nSPS) is 28.9. The SMILES string of the molecule is COC1(C(=O)O)CCN(C(=O)C2CC=CC2)C1. The van der Waals surface area contributed by atoms with E-state index in [-0.39, 0.29) is 18.4 Å². The van der Waals surface area contributed by atoms with Crippen molar-refractivity contribution >= 4 is 11.9 Å². The second kappa shape index (κ2) is 4.49. The zero-order chi connectivity index (χ0) is 12.5. The van der Waals surface area contributed by atoms with Gasteiger partial charge in [-0.25, -0.2) is 4.79 Å².